The molecule has 132 valence electrons. The molecule has 0 amide bonds. The van der Waals surface area contributed by atoms with E-state index < -0.39 is 22.4 Å². The van der Waals surface area contributed by atoms with E-state index in [1.807, 2.05) is 0 Å². The molecule has 2 aromatic heterocycles. The van der Waals surface area contributed by atoms with Crippen LogP contribution in [0.15, 0.2) is 36.6 Å². The summed E-state index contributed by atoms with van der Waals surface area (Å²) in [6, 6.07) is 4.10. The third kappa shape index (κ3) is 3.69. The number of halogens is 2. The van der Waals surface area contributed by atoms with E-state index in [0.717, 1.165) is 10.6 Å². The molecule has 0 spiro atoms. The largest absolute Gasteiger partial charge is 0.446 e. The number of benzene rings is 1. The maximum atomic E-state index is 13.8. The smallest absolute Gasteiger partial charge is 0.364 e. The van der Waals surface area contributed by atoms with Crippen LogP contribution in [0.3, 0.4) is 0 Å². The van der Waals surface area contributed by atoms with E-state index in [-0.39, 0.29) is 27.5 Å². The van der Waals surface area contributed by atoms with Gasteiger partial charge in [-0.25, -0.2) is 18.4 Å². The van der Waals surface area contributed by atoms with Gasteiger partial charge < -0.3 is 5.32 Å². The lowest BCUT2D eigenvalue weighted by atomic mass is 10.3. The number of hydrogen-bond donors (Lipinski definition) is 1. The summed E-state index contributed by atoms with van der Waals surface area (Å²) in [6.45, 7) is 0.347. The number of rotatable bonds is 6. The molecule has 1 atom stereocenters. The first-order valence-electron chi connectivity index (χ1n) is 6.88. The van der Waals surface area contributed by atoms with E-state index in [4.69, 9.17) is 0 Å². The van der Waals surface area contributed by atoms with Crippen LogP contribution in [-0.4, -0.2) is 42.8 Å². The Morgan fingerprint density at radius 1 is 1.36 bits per heavy atom. The van der Waals surface area contributed by atoms with Gasteiger partial charge in [0.1, 0.15) is 5.82 Å². The van der Waals surface area contributed by atoms with Gasteiger partial charge in [-0.1, -0.05) is 5.16 Å². The first kappa shape index (κ1) is 17.5. The molecular weight excluding hydrogens is 421 g/mol. The molecule has 3 aromatic rings. The Hall–Kier alpha value is -2.34. The van der Waals surface area contributed by atoms with Crippen LogP contribution in [0.2, 0.25) is 0 Å². The summed E-state index contributed by atoms with van der Waals surface area (Å²) in [6.07, 6.45) is 1.57. The quantitative estimate of drug-likeness (QED) is 0.624. The lowest BCUT2D eigenvalue weighted by Gasteiger charge is -2.05. The molecule has 25 heavy (non-hydrogen) atoms. The van der Waals surface area contributed by atoms with Gasteiger partial charge in [-0.15, -0.1) is 0 Å². The first-order valence-corrected chi connectivity index (χ1v) is 9.40. The summed E-state index contributed by atoms with van der Waals surface area (Å²) in [5.41, 5.74) is 0.307. The predicted octanol–water partition coefficient (Wildman–Crippen LogP) is 1.57. The third-order valence-electron chi connectivity index (χ3n) is 3.15. The standard InChI is InChI=1S/C13H11BrFN5O4S/c1-25(22)5-4-16-11-10(17-24-18-11)12-19-23-13(21)20(12)7-2-3-8(14)9(15)6-7/h2-3,6H,4-5H2,1H3,(H,16,18). The Morgan fingerprint density at radius 3 is 2.88 bits per heavy atom. The van der Waals surface area contributed by atoms with Crippen molar-refractivity contribution in [3.63, 3.8) is 0 Å². The normalized spacial score (nSPS) is 12.3. The highest BCUT2D eigenvalue weighted by Gasteiger charge is 2.23. The monoisotopic (exact) mass is 431 g/mol. The van der Waals surface area contributed by atoms with E-state index in [1.165, 1.54) is 12.1 Å². The van der Waals surface area contributed by atoms with Gasteiger partial charge in [0.25, 0.3) is 0 Å². The number of aromatic nitrogens is 4. The SMILES string of the molecule is CS(=O)CCNc1nonc1-c1noc(=O)n1-c1ccc(Br)c(F)c1. The number of nitrogens with zero attached hydrogens (tertiary/aromatic N) is 4. The average Bonchev–Trinajstić information content (AvgIpc) is 3.16. The molecule has 0 saturated heterocycles. The fraction of sp³-hybridized carbons (Fsp3) is 0.231. The van der Waals surface area contributed by atoms with Gasteiger partial charge >= 0.3 is 5.76 Å². The summed E-state index contributed by atoms with van der Waals surface area (Å²) >= 11 is 3.05. The minimum atomic E-state index is -0.990. The van der Waals surface area contributed by atoms with E-state index >= 15 is 0 Å². The van der Waals surface area contributed by atoms with Crippen LogP contribution < -0.4 is 11.1 Å². The lowest BCUT2D eigenvalue weighted by molar-refractivity contribution is 0.309. The van der Waals surface area contributed by atoms with Crippen LogP contribution in [0, 0.1) is 5.82 Å². The second-order valence-corrected chi connectivity index (χ2v) is 7.28. The molecule has 0 radical (unpaired) electrons. The maximum absolute atomic E-state index is 13.8. The van der Waals surface area contributed by atoms with Gasteiger partial charge in [-0.05, 0) is 44.4 Å². The zero-order valence-corrected chi connectivity index (χ0v) is 15.1. The molecule has 1 unspecified atom stereocenters. The van der Waals surface area contributed by atoms with Crippen LogP contribution in [0.1, 0.15) is 0 Å². The van der Waals surface area contributed by atoms with Gasteiger partial charge in [-0.3, -0.25) is 8.73 Å². The minimum Gasteiger partial charge on any atom is -0.364 e. The highest BCUT2D eigenvalue weighted by Crippen LogP contribution is 2.25. The van der Waals surface area contributed by atoms with Crippen molar-refractivity contribution in [1.29, 1.82) is 0 Å². The Kier molecular flexibility index (Phi) is 5.08. The first-order chi connectivity index (χ1) is 12.0. The summed E-state index contributed by atoms with van der Waals surface area (Å²) in [7, 11) is -0.990. The van der Waals surface area contributed by atoms with E-state index in [2.05, 4.69) is 45.9 Å². The zero-order chi connectivity index (χ0) is 18.0. The van der Waals surface area contributed by atoms with Crippen molar-refractivity contribution in [2.45, 2.75) is 0 Å². The summed E-state index contributed by atoms with van der Waals surface area (Å²) in [5, 5.41) is 14.0. The molecule has 0 saturated carbocycles. The van der Waals surface area contributed by atoms with Crippen molar-refractivity contribution in [2.24, 2.45) is 0 Å². The molecular formula is C13H11BrFN5O4S. The molecule has 9 nitrogen and oxygen atoms in total. The molecule has 3 rings (SSSR count). The van der Waals surface area contributed by atoms with Gasteiger partial charge in [0.2, 0.25) is 11.6 Å². The maximum Gasteiger partial charge on any atom is 0.446 e. The van der Waals surface area contributed by atoms with Crippen LogP contribution in [0.4, 0.5) is 10.2 Å². The fourth-order valence-corrected chi connectivity index (χ4v) is 2.65. The molecule has 2 heterocycles. The van der Waals surface area contributed by atoms with Crippen molar-refractivity contribution in [2.75, 3.05) is 23.9 Å². The molecule has 12 heteroatoms. The Labute approximate surface area is 150 Å². The van der Waals surface area contributed by atoms with Gasteiger partial charge in [-0.2, -0.15) is 0 Å². The summed E-state index contributed by atoms with van der Waals surface area (Å²) in [5.74, 6) is -0.798. The zero-order valence-electron chi connectivity index (χ0n) is 12.7. The number of hydrogen-bond acceptors (Lipinski definition) is 8. The van der Waals surface area contributed by atoms with Crippen molar-refractivity contribution in [3.05, 3.63) is 39.0 Å². The van der Waals surface area contributed by atoms with Crippen molar-refractivity contribution in [1.82, 2.24) is 20.0 Å². The fourth-order valence-electron chi connectivity index (χ4n) is 2.02. The number of nitrogens with one attached hydrogen (secondary N) is 1. The van der Waals surface area contributed by atoms with E-state index in [9.17, 15) is 13.4 Å². The Morgan fingerprint density at radius 2 is 2.16 bits per heavy atom. The van der Waals surface area contributed by atoms with E-state index in [0.29, 0.717) is 12.3 Å². The molecule has 1 N–H and O–H groups in total. The molecule has 0 aliphatic carbocycles. The minimum absolute atomic E-state index is 0.00640. The highest BCUT2D eigenvalue weighted by atomic mass is 79.9. The van der Waals surface area contributed by atoms with E-state index in [1.54, 1.807) is 6.26 Å². The van der Waals surface area contributed by atoms with Gasteiger partial charge in [0, 0.05) is 29.4 Å². The molecule has 0 fully saturated rings. The average molecular weight is 432 g/mol. The summed E-state index contributed by atoms with van der Waals surface area (Å²) < 4.78 is 35.6. The third-order valence-corrected chi connectivity index (χ3v) is 4.57. The molecule has 0 bridgehead atoms. The summed E-state index contributed by atoms with van der Waals surface area (Å²) in [4.78, 5) is 12.0. The van der Waals surface area contributed by atoms with Gasteiger partial charge in [0.05, 0.1) is 10.2 Å². The second-order valence-electron chi connectivity index (χ2n) is 4.87. The van der Waals surface area contributed by atoms with Crippen LogP contribution in [0.25, 0.3) is 17.2 Å². The molecule has 0 aliphatic rings. The van der Waals surface area contributed by atoms with Crippen LogP contribution in [0.5, 0.6) is 0 Å². The Bertz CT molecular complexity index is 985. The van der Waals surface area contributed by atoms with Crippen molar-refractivity contribution >= 4 is 32.5 Å². The predicted molar refractivity (Wildman–Crippen MR) is 90.5 cm³/mol. The Balaban J connectivity index is 2.00. The second kappa shape index (κ2) is 7.27. The van der Waals surface area contributed by atoms with Crippen molar-refractivity contribution < 1.29 is 17.8 Å². The topological polar surface area (TPSA) is 116 Å². The van der Waals surface area contributed by atoms with Crippen LogP contribution >= 0.6 is 15.9 Å². The number of anilines is 1. The highest BCUT2D eigenvalue weighted by molar-refractivity contribution is 9.10. The van der Waals surface area contributed by atoms with Gasteiger partial charge in [0.15, 0.2) is 5.69 Å². The van der Waals surface area contributed by atoms with Crippen molar-refractivity contribution in [3.8, 4) is 17.2 Å². The van der Waals surface area contributed by atoms with Crippen LogP contribution in [-0.2, 0) is 10.8 Å². The molecule has 1 aromatic carbocycles. The lowest BCUT2D eigenvalue weighted by Crippen LogP contribution is -2.15. The molecule has 0 aliphatic heterocycles.